The molecule has 0 atom stereocenters. The minimum atomic E-state index is 0.853. The Balaban J connectivity index is 2.05. The summed E-state index contributed by atoms with van der Waals surface area (Å²) >= 11 is 0. The number of benzene rings is 1. The number of methoxy groups -OCH3 is 1. The summed E-state index contributed by atoms with van der Waals surface area (Å²) in [6, 6.07) is 8.28. The van der Waals surface area contributed by atoms with Gasteiger partial charge in [-0.2, -0.15) is 0 Å². The first kappa shape index (κ1) is 14.0. The van der Waals surface area contributed by atoms with Crippen LogP contribution in [0.1, 0.15) is 31.2 Å². The zero-order valence-electron chi connectivity index (χ0n) is 10.8. The Labute approximate surface area is 105 Å². The fraction of sp³-hybridized carbons (Fsp3) is 0.533. The highest BCUT2D eigenvalue weighted by Crippen LogP contribution is 2.13. The van der Waals surface area contributed by atoms with Crippen LogP contribution in [0.2, 0.25) is 0 Å². The summed E-state index contributed by atoms with van der Waals surface area (Å²) in [5.74, 6) is 0.922. The summed E-state index contributed by atoms with van der Waals surface area (Å²) in [7, 11) is 1.69. The van der Waals surface area contributed by atoms with E-state index >= 15 is 0 Å². The van der Waals surface area contributed by atoms with Gasteiger partial charge in [-0.25, -0.2) is 0 Å². The quantitative estimate of drug-likeness (QED) is 0.608. The molecule has 0 spiro atoms. The summed E-state index contributed by atoms with van der Waals surface area (Å²) in [5, 5.41) is 0. The van der Waals surface area contributed by atoms with E-state index in [9.17, 15) is 0 Å². The summed E-state index contributed by atoms with van der Waals surface area (Å²) in [5.41, 5.74) is 1.36. The molecule has 1 radical (unpaired) electrons. The van der Waals surface area contributed by atoms with Crippen molar-refractivity contribution < 1.29 is 9.47 Å². The highest BCUT2D eigenvalue weighted by molar-refractivity contribution is 5.27. The van der Waals surface area contributed by atoms with Crippen LogP contribution in [0.3, 0.4) is 0 Å². The van der Waals surface area contributed by atoms with Crippen molar-refractivity contribution in [1.82, 2.24) is 0 Å². The van der Waals surface area contributed by atoms with Gasteiger partial charge in [-0.05, 0) is 43.4 Å². The van der Waals surface area contributed by atoms with Gasteiger partial charge in [0.15, 0.2) is 0 Å². The van der Waals surface area contributed by atoms with Crippen molar-refractivity contribution in [2.45, 2.75) is 32.1 Å². The van der Waals surface area contributed by atoms with Gasteiger partial charge < -0.3 is 9.47 Å². The van der Waals surface area contributed by atoms with E-state index in [1.165, 1.54) is 12.0 Å². The van der Waals surface area contributed by atoms with Crippen molar-refractivity contribution in [2.24, 2.45) is 0 Å². The maximum absolute atomic E-state index is 5.49. The van der Waals surface area contributed by atoms with Gasteiger partial charge in [-0.1, -0.05) is 25.5 Å². The van der Waals surface area contributed by atoms with Crippen LogP contribution < -0.4 is 4.74 Å². The highest BCUT2D eigenvalue weighted by Gasteiger charge is 1.95. The monoisotopic (exact) mass is 235 g/mol. The molecule has 1 aromatic carbocycles. The molecule has 17 heavy (non-hydrogen) atoms. The molecule has 2 nitrogen and oxygen atoms in total. The molecule has 0 saturated carbocycles. The van der Waals surface area contributed by atoms with Crippen LogP contribution in [0.15, 0.2) is 24.3 Å². The molecule has 0 N–H and O–H groups in total. The molecule has 0 bridgehead atoms. The first-order valence-corrected chi connectivity index (χ1v) is 6.36. The van der Waals surface area contributed by atoms with Gasteiger partial charge >= 0.3 is 0 Å². The van der Waals surface area contributed by atoms with Crippen molar-refractivity contribution in [3.05, 3.63) is 36.8 Å². The lowest BCUT2D eigenvalue weighted by Crippen LogP contribution is -1.97. The Morgan fingerprint density at radius 2 is 1.71 bits per heavy atom. The average molecular weight is 235 g/mol. The third kappa shape index (κ3) is 6.32. The largest absolute Gasteiger partial charge is 0.497 e. The van der Waals surface area contributed by atoms with Crippen LogP contribution in [-0.4, -0.2) is 20.3 Å². The third-order valence-electron chi connectivity index (χ3n) is 2.70. The predicted octanol–water partition coefficient (Wildman–Crippen LogP) is 3.65. The standard InChI is InChI=1S/C15H23O2/c1-3-4-12-17-13-6-5-7-14-8-10-15(16-2)11-9-14/h8-11H,1,3-7,12-13H2,2H3. The molecule has 0 aliphatic rings. The van der Waals surface area contributed by atoms with Crippen LogP contribution >= 0.6 is 0 Å². The van der Waals surface area contributed by atoms with E-state index in [-0.39, 0.29) is 0 Å². The fourth-order valence-electron chi connectivity index (χ4n) is 1.63. The van der Waals surface area contributed by atoms with Crippen molar-refractivity contribution >= 4 is 0 Å². The average Bonchev–Trinajstić information content (AvgIpc) is 2.38. The fourth-order valence-corrected chi connectivity index (χ4v) is 1.63. The molecule has 2 heteroatoms. The van der Waals surface area contributed by atoms with Crippen LogP contribution in [0, 0.1) is 6.92 Å². The zero-order chi connectivity index (χ0) is 12.3. The second kappa shape index (κ2) is 9.06. The van der Waals surface area contributed by atoms with E-state index in [0.29, 0.717) is 0 Å². The molecule has 0 unspecified atom stereocenters. The van der Waals surface area contributed by atoms with E-state index in [1.807, 2.05) is 12.1 Å². The first-order valence-electron chi connectivity index (χ1n) is 6.36. The Bertz CT molecular complexity index is 279. The number of hydrogen-bond acceptors (Lipinski definition) is 2. The number of ether oxygens (including phenoxy) is 2. The van der Waals surface area contributed by atoms with Gasteiger partial charge in [0, 0.05) is 13.2 Å². The molecule has 0 fully saturated rings. The van der Waals surface area contributed by atoms with E-state index in [1.54, 1.807) is 7.11 Å². The van der Waals surface area contributed by atoms with E-state index in [2.05, 4.69) is 19.1 Å². The Morgan fingerprint density at radius 1 is 1.00 bits per heavy atom. The normalized spacial score (nSPS) is 10.5. The summed E-state index contributed by atoms with van der Waals surface area (Å²) in [6.45, 7) is 5.51. The number of unbranched alkanes of at least 4 members (excludes halogenated alkanes) is 2. The van der Waals surface area contributed by atoms with Crippen LogP contribution in [-0.2, 0) is 11.2 Å². The van der Waals surface area contributed by atoms with Gasteiger partial charge in [0.25, 0.3) is 0 Å². The molecule has 0 saturated heterocycles. The summed E-state index contributed by atoms with van der Waals surface area (Å²) < 4.78 is 10.6. The second-order valence-electron chi connectivity index (χ2n) is 4.12. The zero-order valence-corrected chi connectivity index (χ0v) is 10.8. The molecule has 0 heterocycles. The van der Waals surface area contributed by atoms with Gasteiger partial charge in [-0.3, -0.25) is 0 Å². The SMILES string of the molecule is [CH2]CCCOCCCCc1ccc(OC)cc1. The highest BCUT2D eigenvalue weighted by atomic mass is 16.5. The Kier molecular flexibility index (Phi) is 7.48. The smallest absolute Gasteiger partial charge is 0.118 e. The van der Waals surface area contributed by atoms with Crippen molar-refractivity contribution in [2.75, 3.05) is 20.3 Å². The summed E-state index contributed by atoms with van der Waals surface area (Å²) in [6.07, 6.45) is 5.45. The van der Waals surface area contributed by atoms with Crippen molar-refractivity contribution in [1.29, 1.82) is 0 Å². The Morgan fingerprint density at radius 3 is 2.35 bits per heavy atom. The second-order valence-corrected chi connectivity index (χ2v) is 4.12. The summed E-state index contributed by atoms with van der Waals surface area (Å²) in [4.78, 5) is 0. The Hall–Kier alpha value is -1.02. The minimum absolute atomic E-state index is 0.853. The molecule has 0 aliphatic heterocycles. The van der Waals surface area contributed by atoms with E-state index in [4.69, 9.17) is 9.47 Å². The van der Waals surface area contributed by atoms with Gasteiger partial charge in [0.1, 0.15) is 5.75 Å². The van der Waals surface area contributed by atoms with Gasteiger partial charge in [0.05, 0.1) is 7.11 Å². The predicted molar refractivity (Wildman–Crippen MR) is 71.3 cm³/mol. The van der Waals surface area contributed by atoms with E-state index < -0.39 is 0 Å². The molecule has 1 aromatic rings. The lowest BCUT2D eigenvalue weighted by Gasteiger charge is -2.04. The molecule has 0 aliphatic carbocycles. The van der Waals surface area contributed by atoms with Gasteiger partial charge in [0.2, 0.25) is 0 Å². The van der Waals surface area contributed by atoms with Crippen LogP contribution in [0.5, 0.6) is 5.75 Å². The number of hydrogen-bond donors (Lipinski definition) is 0. The lowest BCUT2D eigenvalue weighted by atomic mass is 10.1. The van der Waals surface area contributed by atoms with Crippen molar-refractivity contribution in [3.8, 4) is 5.75 Å². The first-order chi connectivity index (χ1) is 8.36. The van der Waals surface area contributed by atoms with E-state index in [0.717, 1.165) is 44.6 Å². The molecule has 0 amide bonds. The van der Waals surface area contributed by atoms with Crippen LogP contribution in [0.25, 0.3) is 0 Å². The third-order valence-corrected chi connectivity index (χ3v) is 2.70. The van der Waals surface area contributed by atoms with Gasteiger partial charge in [-0.15, -0.1) is 0 Å². The number of aryl methyl sites for hydroxylation is 1. The van der Waals surface area contributed by atoms with Crippen molar-refractivity contribution in [3.63, 3.8) is 0 Å². The molecule has 1 rings (SSSR count). The lowest BCUT2D eigenvalue weighted by molar-refractivity contribution is 0.128. The minimum Gasteiger partial charge on any atom is -0.497 e. The molecular weight excluding hydrogens is 212 g/mol. The topological polar surface area (TPSA) is 18.5 Å². The molecule has 95 valence electrons. The maximum atomic E-state index is 5.49. The number of rotatable bonds is 9. The maximum Gasteiger partial charge on any atom is 0.118 e. The van der Waals surface area contributed by atoms with Crippen LogP contribution in [0.4, 0.5) is 0 Å². The molecule has 0 aromatic heterocycles. The molecular formula is C15H23O2.